The van der Waals surface area contributed by atoms with Crippen LogP contribution in [0, 0.1) is 5.41 Å². The van der Waals surface area contributed by atoms with Crippen LogP contribution in [0.25, 0.3) is 0 Å². The van der Waals surface area contributed by atoms with Gasteiger partial charge in [0.1, 0.15) is 18.2 Å². The second kappa shape index (κ2) is 8.11. The number of halogens is 1. The summed E-state index contributed by atoms with van der Waals surface area (Å²) in [4.78, 5) is 0. The van der Waals surface area contributed by atoms with Crippen molar-refractivity contribution >= 4 is 21.8 Å². The van der Waals surface area contributed by atoms with Crippen LogP contribution in [0.15, 0.2) is 22.7 Å². The van der Waals surface area contributed by atoms with Crippen molar-refractivity contribution in [1.29, 1.82) is 5.41 Å². The Balaban J connectivity index is 2.36. The third-order valence-electron chi connectivity index (χ3n) is 2.37. The zero-order valence-corrected chi connectivity index (χ0v) is 12.1. The molecule has 0 aromatic heterocycles. The number of hydrogen-bond donors (Lipinski definition) is 2. The summed E-state index contributed by atoms with van der Waals surface area (Å²) in [6, 6.07) is 5.34. The van der Waals surface area contributed by atoms with Gasteiger partial charge in [-0.3, -0.25) is 5.41 Å². The van der Waals surface area contributed by atoms with E-state index in [1.165, 1.54) is 0 Å². The van der Waals surface area contributed by atoms with E-state index in [0.717, 1.165) is 29.7 Å². The minimum Gasteiger partial charge on any atom is -0.490 e. The van der Waals surface area contributed by atoms with E-state index in [-0.39, 0.29) is 5.84 Å². The average molecular weight is 315 g/mol. The van der Waals surface area contributed by atoms with Gasteiger partial charge in [-0.1, -0.05) is 13.3 Å². The largest absolute Gasteiger partial charge is 0.490 e. The summed E-state index contributed by atoms with van der Waals surface area (Å²) in [5.41, 5.74) is 6.08. The molecule has 0 saturated carbocycles. The molecule has 1 rings (SSSR count). The highest BCUT2D eigenvalue weighted by Gasteiger charge is 2.04. The Labute approximate surface area is 116 Å². The van der Waals surface area contributed by atoms with Gasteiger partial charge < -0.3 is 15.2 Å². The molecule has 0 aliphatic carbocycles. The normalized spacial score (nSPS) is 10.3. The molecule has 0 bridgehead atoms. The van der Waals surface area contributed by atoms with Gasteiger partial charge in [-0.15, -0.1) is 0 Å². The lowest BCUT2D eigenvalue weighted by Crippen LogP contribution is -2.11. The van der Waals surface area contributed by atoms with Crippen molar-refractivity contribution in [3.05, 3.63) is 28.2 Å². The second-order valence-corrected chi connectivity index (χ2v) is 4.73. The van der Waals surface area contributed by atoms with Gasteiger partial charge in [-0.25, -0.2) is 0 Å². The van der Waals surface area contributed by atoms with Crippen molar-refractivity contribution in [1.82, 2.24) is 0 Å². The van der Waals surface area contributed by atoms with Crippen molar-refractivity contribution in [2.24, 2.45) is 5.73 Å². The first-order valence-electron chi connectivity index (χ1n) is 5.99. The first-order valence-corrected chi connectivity index (χ1v) is 6.79. The highest BCUT2D eigenvalue weighted by atomic mass is 79.9. The standard InChI is InChI=1S/C13H19BrN2O2/c1-2-3-6-17-7-8-18-12-5-4-10(13(15)16)9-11(12)14/h4-5,9H,2-3,6-8H2,1H3,(H3,15,16). The van der Waals surface area contributed by atoms with Crippen molar-refractivity contribution in [2.75, 3.05) is 19.8 Å². The quantitative estimate of drug-likeness (QED) is 0.440. The maximum atomic E-state index is 7.33. The Morgan fingerprint density at radius 2 is 2.11 bits per heavy atom. The lowest BCUT2D eigenvalue weighted by Gasteiger charge is -2.09. The van der Waals surface area contributed by atoms with Crippen LogP contribution in [0.1, 0.15) is 25.3 Å². The van der Waals surface area contributed by atoms with Gasteiger partial charge in [-0.2, -0.15) is 0 Å². The molecule has 5 heteroatoms. The highest BCUT2D eigenvalue weighted by molar-refractivity contribution is 9.10. The van der Waals surface area contributed by atoms with Gasteiger partial charge in [0.25, 0.3) is 0 Å². The van der Waals surface area contributed by atoms with E-state index in [1.54, 1.807) is 18.2 Å². The van der Waals surface area contributed by atoms with Crippen LogP contribution in [0.5, 0.6) is 5.75 Å². The van der Waals surface area contributed by atoms with Crippen LogP contribution in [0.2, 0.25) is 0 Å². The molecule has 100 valence electrons. The third-order valence-corrected chi connectivity index (χ3v) is 2.99. The fourth-order valence-corrected chi connectivity index (χ4v) is 1.84. The lowest BCUT2D eigenvalue weighted by atomic mass is 10.2. The molecule has 1 aromatic rings. The molecule has 0 aliphatic heterocycles. The molecule has 0 spiro atoms. The van der Waals surface area contributed by atoms with Gasteiger partial charge in [0.15, 0.2) is 0 Å². The molecule has 0 saturated heterocycles. The summed E-state index contributed by atoms with van der Waals surface area (Å²) in [5.74, 6) is 0.782. The summed E-state index contributed by atoms with van der Waals surface area (Å²) in [5, 5.41) is 7.33. The number of rotatable bonds is 8. The lowest BCUT2D eigenvalue weighted by molar-refractivity contribution is 0.0978. The molecule has 0 unspecified atom stereocenters. The molecule has 0 fully saturated rings. The Morgan fingerprint density at radius 1 is 1.33 bits per heavy atom. The highest BCUT2D eigenvalue weighted by Crippen LogP contribution is 2.25. The van der Waals surface area contributed by atoms with E-state index in [0.29, 0.717) is 18.8 Å². The summed E-state index contributed by atoms with van der Waals surface area (Å²) >= 11 is 3.39. The third kappa shape index (κ3) is 5.06. The molecular weight excluding hydrogens is 296 g/mol. The van der Waals surface area contributed by atoms with E-state index in [1.807, 2.05) is 0 Å². The van der Waals surface area contributed by atoms with Gasteiger partial charge >= 0.3 is 0 Å². The average Bonchev–Trinajstić information content (AvgIpc) is 2.35. The van der Waals surface area contributed by atoms with Crippen LogP contribution >= 0.6 is 15.9 Å². The summed E-state index contributed by atoms with van der Waals surface area (Å²) in [6.07, 6.45) is 2.22. The molecule has 18 heavy (non-hydrogen) atoms. The number of nitrogens with two attached hydrogens (primary N) is 1. The van der Waals surface area contributed by atoms with E-state index < -0.39 is 0 Å². The molecule has 0 radical (unpaired) electrons. The molecule has 0 atom stereocenters. The maximum absolute atomic E-state index is 7.33. The monoisotopic (exact) mass is 314 g/mol. The van der Waals surface area contributed by atoms with E-state index in [4.69, 9.17) is 20.6 Å². The van der Waals surface area contributed by atoms with Crippen LogP contribution in [0.3, 0.4) is 0 Å². The van der Waals surface area contributed by atoms with E-state index in [2.05, 4.69) is 22.9 Å². The second-order valence-electron chi connectivity index (χ2n) is 3.87. The number of nitrogen functional groups attached to an aromatic ring is 1. The maximum Gasteiger partial charge on any atom is 0.133 e. The molecule has 4 nitrogen and oxygen atoms in total. The first-order chi connectivity index (χ1) is 8.65. The SMILES string of the molecule is CCCCOCCOc1ccc(C(=N)N)cc1Br. The number of amidine groups is 1. The van der Waals surface area contributed by atoms with Crippen molar-refractivity contribution < 1.29 is 9.47 Å². The molecule has 1 aromatic carbocycles. The van der Waals surface area contributed by atoms with Crippen molar-refractivity contribution in [3.63, 3.8) is 0 Å². The van der Waals surface area contributed by atoms with Crippen LogP contribution < -0.4 is 10.5 Å². The zero-order chi connectivity index (χ0) is 13.4. The fourth-order valence-electron chi connectivity index (χ4n) is 1.34. The van der Waals surface area contributed by atoms with Gasteiger partial charge in [0, 0.05) is 12.2 Å². The minimum absolute atomic E-state index is 0.0464. The Hall–Kier alpha value is -1.07. The molecule has 0 heterocycles. The predicted molar refractivity (Wildman–Crippen MR) is 76.4 cm³/mol. The summed E-state index contributed by atoms with van der Waals surface area (Å²) in [7, 11) is 0. The predicted octanol–water partition coefficient (Wildman–Crippen LogP) is 2.93. The molecule has 3 N–H and O–H groups in total. The van der Waals surface area contributed by atoms with Gasteiger partial charge in [-0.05, 0) is 40.5 Å². The van der Waals surface area contributed by atoms with Gasteiger partial charge in [0.2, 0.25) is 0 Å². The Bertz CT molecular complexity index is 397. The molecule has 0 amide bonds. The molecule has 0 aliphatic rings. The number of nitrogens with one attached hydrogen (secondary N) is 1. The topological polar surface area (TPSA) is 68.3 Å². The number of unbranched alkanes of at least 4 members (excludes halogenated alkanes) is 1. The van der Waals surface area contributed by atoms with Crippen LogP contribution in [-0.4, -0.2) is 25.7 Å². The summed E-state index contributed by atoms with van der Waals surface area (Å²) in [6.45, 7) is 4.01. The van der Waals surface area contributed by atoms with Crippen molar-refractivity contribution in [2.45, 2.75) is 19.8 Å². The number of ether oxygens (including phenoxy) is 2. The number of benzene rings is 1. The van der Waals surface area contributed by atoms with Crippen LogP contribution in [-0.2, 0) is 4.74 Å². The smallest absolute Gasteiger partial charge is 0.133 e. The first kappa shape index (κ1) is 15.0. The van der Waals surface area contributed by atoms with Gasteiger partial charge in [0.05, 0.1) is 11.1 Å². The fraction of sp³-hybridized carbons (Fsp3) is 0.462. The van der Waals surface area contributed by atoms with E-state index >= 15 is 0 Å². The molecular formula is C13H19BrN2O2. The van der Waals surface area contributed by atoms with E-state index in [9.17, 15) is 0 Å². The Kier molecular flexibility index (Phi) is 6.75. The summed E-state index contributed by atoms with van der Waals surface area (Å²) < 4.78 is 11.8. The minimum atomic E-state index is 0.0464. The Morgan fingerprint density at radius 3 is 2.72 bits per heavy atom. The zero-order valence-electron chi connectivity index (χ0n) is 10.5. The number of hydrogen-bond acceptors (Lipinski definition) is 3. The van der Waals surface area contributed by atoms with Crippen molar-refractivity contribution in [3.8, 4) is 5.75 Å². The van der Waals surface area contributed by atoms with Crippen LogP contribution in [0.4, 0.5) is 0 Å².